The van der Waals surface area contributed by atoms with Crippen LogP contribution in [0.4, 0.5) is 17.6 Å². The number of H-pyrrole nitrogens is 1. The summed E-state index contributed by atoms with van der Waals surface area (Å²) in [5, 5.41) is 0.813. The van der Waals surface area contributed by atoms with Gasteiger partial charge in [-0.3, -0.25) is 4.39 Å². The number of aromatic nitrogens is 1. The van der Waals surface area contributed by atoms with Crippen LogP contribution in [0.5, 0.6) is 0 Å². The highest BCUT2D eigenvalue weighted by Gasteiger charge is 2.29. The van der Waals surface area contributed by atoms with Gasteiger partial charge in [-0.15, -0.1) is 0 Å². The first-order valence-electron chi connectivity index (χ1n) is 6.99. The molecule has 0 unspecified atom stereocenters. The van der Waals surface area contributed by atoms with Crippen molar-refractivity contribution in [3.8, 4) is 0 Å². The smallest absolute Gasteiger partial charge is 0.361 e. The Hall–Kier alpha value is -1.21. The Morgan fingerprint density at radius 2 is 2.00 bits per heavy atom. The van der Waals surface area contributed by atoms with E-state index in [0.717, 1.165) is 23.0 Å². The van der Waals surface area contributed by atoms with E-state index in [-0.39, 0.29) is 23.3 Å². The maximum Gasteiger partial charge on any atom is 0.446 e. The number of hydrogen-bond acceptors (Lipinski definition) is 2. The van der Waals surface area contributed by atoms with E-state index in [1.165, 1.54) is 6.07 Å². The number of hydrogen-bond donors (Lipinski definition) is 1. The van der Waals surface area contributed by atoms with Crippen LogP contribution < -0.4 is 0 Å². The molecule has 0 aliphatic heterocycles. The van der Waals surface area contributed by atoms with Gasteiger partial charge in [0.05, 0.1) is 6.67 Å². The molecule has 0 spiro atoms. The number of benzene rings is 1. The lowest BCUT2D eigenvalue weighted by atomic mass is 10.1. The zero-order valence-corrected chi connectivity index (χ0v) is 13.0. The zero-order chi connectivity index (χ0) is 16.2. The molecule has 0 bridgehead atoms. The maximum atomic E-state index is 12.5. The summed E-state index contributed by atoms with van der Waals surface area (Å²) in [5.74, 6) is 0. The number of likely N-dealkylation sites (N-methyl/N-ethyl adjacent to an activating group) is 1. The molecule has 0 saturated heterocycles. The molecule has 2 nitrogen and oxygen atoms in total. The van der Waals surface area contributed by atoms with Crippen LogP contribution in [0.15, 0.2) is 29.3 Å². The average molecular weight is 334 g/mol. The van der Waals surface area contributed by atoms with Gasteiger partial charge < -0.3 is 9.88 Å². The van der Waals surface area contributed by atoms with Crippen molar-refractivity contribution in [1.29, 1.82) is 0 Å². The van der Waals surface area contributed by atoms with Crippen LogP contribution in [0.1, 0.15) is 12.0 Å². The molecule has 0 amide bonds. The second kappa shape index (κ2) is 7.37. The van der Waals surface area contributed by atoms with Crippen LogP contribution in [0.25, 0.3) is 10.9 Å². The molecular formula is C15H18F4N2S. The van der Waals surface area contributed by atoms with Crippen molar-refractivity contribution in [3.63, 3.8) is 0 Å². The van der Waals surface area contributed by atoms with Gasteiger partial charge in [0.15, 0.2) is 0 Å². The first-order chi connectivity index (χ1) is 10.4. The molecule has 1 aromatic heterocycles. The van der Waals surface area contributed by atoms with Gasteiger partial charge in [0.25, 0.3) is 0 Å². The lowest BCUT2D eigenvalue weighted by Crippen LogP contribution is -2.22. The Labute approximate surface area is 130 Å². The van der Waals surface area contributed by atoms with Crippen molar-refractivity contribution in [3.05, 3.63) is 30.0 Å². The van der Waals surface area contributed by atoms with E-state index < -0.39 is 5.51 Å². The molecule has 1 aromatic carbocycles. The van der Waals surface area contributed by atoms with Gasteiger partial charge in [0.2, 0.25) is 0 Å². The van der Waals surface area contributed by atoms with Crippen LogP contribution in [-0.2, 0) is 6.42 Å². The van der Waals surface area contributed by atoms with Crippen molar-refractivity contribution in [2.75, 3.05) is 26.8 Å². The largest absolute Gasteiger partial charge is 0.446 e. The van der Waals surface area contributed by atoms with Crippen molar-refractivity contribution in [1.82, 2.24) is 9.88 Å². The molecule has 0 fully saturated rings. The van der Waals surface area contributed by atoms with Crippen molar-refractivity contribution >= 4 is 22.7 Å². The van der Waals surface area contributed by atoms with Gasteiger partial charge >= 0.3 is 5.51 Å². The Morgan fingerprint density at radius 3 is 2.68 bits per heavy atom. The Morgan fingerprint density at radius 1 is 1.23 bits per heavy atom. The molecule has 1 N–H and O–H groups in total. The fraction of sp³-hybridized carbons (Fsp3) is 0.467. The number of rotatable bonds is 7. The van der Waals surface area contributed by atoms with Crippen LogP contribution in [0, 0.1) is 0 Å². The van der Waals surface area contributed by atoms with Crippen LogP contribution in [0.3, 0.4) is 0 Å². The molecule has 0 aliphatic carbocycles. The zero-order valence-electron chi connectivity index (χ0n) is 12.2. The first kappa shape index (κ1) is 17.1. The van der Waals surface area contributed by atoms with E-state index in [1.54, 1.807) is 12.1 Å². The van der Waals surface area contributed by atoms with Gasteiger partial charge in [-0.2, -0.15) is 13.2 Å². The number of halogens is 4. The highest BCUT2D eigenvalue weighted by molar-refractivity contribution is 8.00. The topological polar surface area (TPSA) is 19.0 Å². The number of aromatic amines is 1. The highest BCUT2D eigenvalue weighted by Crippen LogP contribution is 2.38. The number of alkyl halides is 4. The third kappa shape index (κ3) is 4.91. The van der Waals surface area contributed by atoms with E-state index in [2.05, 4.69) is 4.98 Å². The second-order valence-corrected chi connectivity index (χ2v) is 6.30. The fourth-order valence-corrected chi connectivity index (χ4v) is 2.89. The molecular weight excluding hydrogens is 316 g/mol. The van der Waals surface area contributed by atoms with Crippen molar-refractivity contribution < 1.29 is 17.6 Å². The van der Waals surface area contributed by atoms with Gasteiger partial charge in [0, 0.05) is 35.1 Å². The molecule has 1 heterocycles. The number of nitrogens with one attached hydrogen (secondary N) is 1. The monoisotopic (exact) mass is 334 g/mol. The van der Waals surface area contributed by atoms with E-state index in [1.807, 2.05) is 18.1 Å². The lowest BCUT2D eigenvalue weighted by Gasteiger charge is -2.15. The third-order valence-electron chi connectivity index (χ3n) is 3.41. The number of thioether (sulfide) groups is 1. The molecule has 7 heteroatoms. The summed E-state index contributed by atoms with van der Waals surface area (Å²) in [6.07, 6.45) is 3.04. The third-order valence-corrected chi connectivity index (χ3v) is 4.13. The maximum absolute atomic E-state index is 12.5. The summed E-state index contributed by atoms with van der Waals surface area (Å²) in [6.45, 7) is 1.08. The Kier molecular flexibility index (Phi) is 5.74. The first-order valence-corrected chi connectivity index (χ1v) is 7.81. The molecule has 0 radical (unpaired) electrons. The fourth-order valence-electron chi connectivity index (χ4n) is 2.31. The van der Waals surface area contributed by atoms with Crippen molar-refractivity contribution in [2.24, 2.45) is 0 Å². The van der Waals surface area contributed by atoms with Gasteiger partial charge in [-0.1, -0.05) is 0 Å². The molecule has 122 valence electrons. The molecule has 22 heavy (non-hydrogen) atoms. The van der Waals surface area contributed by atoms with Crippen LogP contribution in [-0.4, -0.2) is 42.2 Å². The van der Waals surface area contributed by atoms with E-state index in [4.69, 9.17) is 0 Å². The molecule has 0 atom stereocenters. The highest BCUT2D eigenvalue weighted by atomic mass is 32.2. The molecule has 0 aliphatic rings. The Balaban J connectivity index is 2.08. The minimum absolute atomic E-state index is 0.103. The molecule has 2 rings (SSSR count). The van der Waals surface area contributed by atoms with E-state index in [9.17, 15) is 17.6 Å². The van der Waals surface area contributed by atoms with Gasteiger partial charge in [0.1, 0.15) is 0 Å². The quantitative estimate of drug-likeness (QED) is 0.589. The summed E-state index contributed by atoms with van der Waals surface area (Å²) in [6, 6.07) is 4.70. The lowest BCUT2D eigenvalue weighted by molar-refractivity contribution is -0.0328. The summed E-state index contributed by atoms with van der Waals surface area (Å²) in [7, 11) is 1.91. The van der Waals surface area contributed by atoms with Crippen LogP contribution >= 0.6 is 11.8 Å². The summed E-state index contributed by atoms with van der Waals surface area (Å²) >= 11 is -0.103. The van der Waals surface area contributed by atoms with Gasteiger partial charge in [-0.25, -0.2) is 0 Å². The summed E-state index contributed by atoms with van der Waals surface area (Å²) < 4.78 is 49.5. The van der Waals surface area contributed by atoms with E-state index in [0.29, 0.717) is 19.4 Å². The molecule has 2 aromatic rings. The minimum Gasteiger partial charge on any atom is -0.361 e. The van der Waals surface area contributed by atoms with Crippen LogP contribution in [0.2, 0.25) is 0 Å². The second-order valence-electron chi connectivity index (χ2n) is 5.16. The summed E-state index contributed by atoms with van der Waals surface area (Å²) in [4.78, 5) is 5.28. The number of fused-ring (bicyclic) bond motifs is 1. The number of nitrogens with zero attached hydrogens (tertiary/aromatic N) is 1. The predicted molar refractivity (Wildman–Crippen MR) is 82.0 cm³/mol. The standard InChI is InChI=1S/C15H18F4N2S/c1-21(7-2-6-16)8-5-11-10-20-14-4-3-12(9-13(11)14)22-15(17,18)19/h3-4,9-10,20H,2,5-8H2,1H3. The summed E-state index contributed by atoms with van der Waals surface area (Å²) in [5.41, 5.74) is -2.48. The van der Waals surface area contributed by atoms with E-state index >= 15 is 0 Å². The Bertz CT molecular complexity index is 609. The molecule has 0 saturated carbocycles. The van der Waals surface area contributed by atoms with Crippen molar-refractivity contribution in [2.45, 2.75) is 23.2 Å². The predicted octanol–water partition coefficient (Wildman–Crippen LogP) is 4.61. The minimum atomic E-state index is -4.28. The SMILES string of the molecule is CN(CCCF)CCc1c[nH]c2ccc(SC(F)(F)F)cc12. The van der Waals surface area contributed by atoms with Gasteiger partial charge in [-0.05, 0) is 55.4 Å². The normalized spacial score (nSPS) is 12.5. The average Bonchev–Trinajstić information content (AvgIpc) is 2.83.